The molecule has 4 nitrogen and oxygen atoms in total. The van der Waals surface area contributed by atoms with Gasteiger partial charge in [-0.2, -0.15) is 0 Å². The molecule has 22 heavy (non-hydrogen) atoms. The highest BCUT2D eigenvalue weighted by Crippen LogP contribution is 2.31. The molecule has 1 N–H and O–H groups in total. The van der Waals surface area contributed by atoms with Gasteiger partial charge in [0.25, 0.3) is 5.91 Å². The quantitative estimate of drug-likeness (QED) is 0.877. The molecule has 1 aromatic heterocycles. The van der Waals surface area contributed by atoms with E-state index in [1.54, 1.807) is 19.1 Å². The van der Waals surface area contributed by atoms with Crippen LogP contribution in [0.2, 0.25) is 5.02 Å². The molecule has 1 heterocycles. The van der Waals surface area contributed by atoms with E-state index in [0.717, 1.165) is 6.07 Å². The maximum absolute atomic E-state index is 13.9. The van der Waals surface area contributed by atoms with Gasteiger partial charge in [0, 0.05) is 18.5 Å². The topological polar surface area (TPSA) is 51.2 Å². The zero-order valence-electron chi connectivity index (χ0n) is 11.6. The molecule has 0 aliphatic heterocycles. The summed E-state index contributed by atoms with van der Waals surface area (Å²) in [6.07, 6.45) is 7.60. The van der Waals surface area contributed by atoms with Gasteiger partial charge in [-0.15, -0.1) is 6.42 Å². The minimum absolute atomic E-state index is 0.0579. The number of rotatable bonds is 4. The van der Waals surface area contributed by atoms with Gasteiger partial charge in [0.15, 0.2) is 6.10 Å². The van der Waals surface area contributed by atoms with Crippen molar-refractivity contribution in [2.45, 2.75) is 13.0 Å². The molecule has 0 aliphatic rings. The number of carbonyl (C=O) groups is 1. The van der Waals surface area contributed by atoms with Crippen LogP contribution >= 0.6 is 11.6 Å². The number of pyridine rings is 1. The Labute approximate surface area is 132 Å². The highest BCUT2D eigenvalue weighted by molar-refractivity contribution is 6.32. The Morgan fingerprint density at radius 1 is 1.55 bits per heavy atom. The number of amides is 1. The molecule has 112 valence electrons. The van der Waals surface area contributed by atoms with Crippen LogP contribution in [0.3, 0.4) is 0 Å². The zero-order chi connectivity index (χ0) is 16.1. The second-order valence-electron chi connectivity index (χ2n) is 4.39. The molecule has 1 amide bonds. The third kappa shape index (κ3) is 3.74. The molecular weight excluding hydrogens is 307 g/mol. The van der Waals surface area contributed by atoms with Crippen LogP contribution in [-0.4, -0.2) is 17.0 Å². The summed E-state index contributed by atoms with van der Waals surface area (Å²) in [7, 11) is 0. The molecule has 2 rings (SSSR count). The maximum atomic E-state index is 13.9. The third-order valence-corrected chi connectivity index (χ3v) is 3.03. The summed E-state index contributed by atoms with van der Waals surface area (Å²) in [5, 5.41) is 2.51. The van der Waals surface area contributed by atoms with Gasteiger partial charge in [-0.3, -0.25) is 9.78 Å². The molecule has 1 atom stereocenters. The predicted molar refractivity (Wildman–Crippen MR) is 82.5 cm³/mol. The lowest BCUT2D eigenvalue weighted by atomic mass is 10.2. The van der Waals surface area contributed by atoms with Crippen LogP contribution in [0.15, 0.2) is 36.7 Å². The van der Waals surface area contributed by atoms with Crippen LogP contribution in [0.4, 0.5) is 10.1 Å². The first-order valence-electron chi connectivity index (χ1n) is 6.34. The average Bonchev–Trinajstić information content (AvgIpc) is 2.52. The van der Waals surface area contributed by atoms with E-state index >= 15 is 0 Å². The normalized spacial score (nSPS) is 11.4. The number of benzene rings is 1. The van der Waals surface area contributed by atoms with Crippen molar-refractivity contribution in [2.75, 3.05) is 5.32 Å². The Morgan fingerprint density at radius 3 is 2.95 bits per heavy atom. The number of halogens is 2. The molecule has 1 aromatic carbocycles. The largest absolute Gasteiger partial charge is 0.476 e. The van der Waals surface area contributed by atoms with E-state index in [2.05, 4.69) is 16.2 Å². The summed E-state index contributed by atoms with van der Waals surface area (Å²) in [5.41, 5.74) is 0.244. The minimum atomic E-state index is -0.678. The van der Waals surface area contributed by atoms with E-state index in [-0.39, 0.29) is 16.5 Å². The van der Waals surface area contributed by atoms with E-state index in [1.165, 1.54) is 18.5 Å². The lowest BCUT2D eigenvalue weighted by molar-refractivity contribution is 0.102. The fourth-order valence-electron chi connectivity index (χ4n) is 1.63. The van der Waals surface area contributed by atoms with Crippen molar-refractivity contribution in [3.63, 3.8) is 0 Å². The van der Waals surface area contributed by atoms with Crippen molar-refractivity contribution in [1.82, 2.24) is 4.98 Å². The number of nitrogens with one attached hydrogen (secondary N) is 1. The first kappa shape index (κ1) is 15.8. The van der Waals surface area contributed by atoms with Crippen LogP contribution in [0, 0.1) is 18.2 Å². The number of aromatic nitrogens is 1. The summed E-state index contributed by atoms with van der Waals surface area (Å²) in [6, 6.07) is 5.52. The van der Waals surface area contributed by atoms with E-state index in [1.807, 2.05) is 0 Å². The van der Waals surface area contributed by atoms with Crippen LogP contribution in [0.1, 0.15) is 17.3 Å². The van der Waals surface area contributed by atoms with Crippen molar-refractivity contribution in [1.29, 1.82) is 0 Å². The molecule has 0 fully saturated rings. The Balaban J connectivity index is 2.26. The summed E-state index contributed by atoms with van der Waals surface area (Å²) in [4.78, 5) is 15.8. The standard InChI is InChI=1S/C16H12ClFN2O2/c1-3-10(2)22-15-8-14(13(18)7-12(15)17)20-16(21)11-5-4-6-19-9-11/h1,4-10H,2H3,(H,20,21). The highest BCUT2D eigenvalue weighted by atomic mass is 35.5. The van der Waals surface area contributed by atoms with Crippen LogP contribution in [0.5, 0.6) is 5.75 Å². The molecule has 1 unspecified atom stereocenters. The summed E-state index contributed by atoms with van der Waals surface area (Å²) in [5.74, 6) is 1.39. The molecule has 0 saturated carbocycles. The van der Waals surface area contributed by atoms with Crippen LogP contribution < -0.4 is 10.1 Å². The fourth-order valence-corrected chi connectivity index (χ4v) is 1.83. The predicted octanol–water partition coefficient (Wildman–Crippen LogP) is 3.53. The average molecular weight is 319 g/mol. The number of carbonyl (C=O) groups excluding carboxylic acids is 1. The van der Waals surface area contributed by atoms with Crippen molar-refractivity contribution in [2.24, 2.45) is 0 Å². The van der Waals surface area contributed by atoms with Crippen LogP contribution in [0.25, 0.3) is 0 Å². The minimum Gasteiger partial charge on any atom is -0.476 e. The smallest absolute Gasteiger partial charge is 0.257 e. The highest BCUT2D eigenvalue weighted by Gasteiger charge is 2.14. The second kappa shape index (κ2) is 6.92. The summed E-state index contributed by atoms with van der Waals surface area (Å²) >= 11 is 5.90. The first-order chi connectivity index (χ1) is 10.5. The Kier molecular flexibility index (Phi) is 4.97. The molecule has 0 bridgehead atoms. The van der Waals surface area contributed by atoms with Gasteiger partial charge in [0.1, 0.15) is 11.6 Å². The fraction of sp³-hybridized carbons (Fsp3) is 0.125. The zero-order valence-corrected chi connectivity index (χ0v) is 12.4. The lowest BCUT2D eigenvalue weighted by Crippen LogP contribution is -2.14. The number of ether oxygens (including phenoxy) is 1. The van der Waals surface area contributed by atoms with Crippen molar-refractivity contribution >= 4 is 23.2 Å². The van der Waals surface area contributed by atoms with E-state index in [0.29, 0.717) is 5.56 Å². The van der Waals surface area contributed by atoms with Gasteiger partial charge < -0.3 is 10.1 Å². The van der Waals surface area contributed by atoms with Gasteiger partial charge in [0.2, 0.25) is 0 Å². The molecule has 0 spiro atoms. The SMILES string of the molecule is C#CC(C)Oc1cc(NC(=O)c2cccnc2)c(F)cc1Cl. The monoisotopic (exact) mass is 318 g/mol. The van der Waals surface area contributed by atoms with E-state index < -0.39 is 17.8 Å². The Morgan fingerprint density at radius 2 is 2.32 bits per heavy atom. The first-order valence-corrected chi connectivity index (χ1v) is 6.72. The number of hydrogen-bond donors (Lipinski definition) is 1. The number of anilines is 1. The number of terminal acetylenes is 1. The van der Waals surface area contributed by atoms with Crippen molar-refractivity contribution < 1.29 is 13.9 Å². The molecule has 6 heteroatoms. The van der Waals surface area contributed by atoms with E-state index in [9.17, 15) is 9.18 Å². The summed E-state index contributed by atoms with van der Waals surface area (Å²) in [6.45, 7) is 1.65. The Hall–Kier alpha value is -2.58. The van der Waals surface area contributed by atoms with E-state index in [4.69, 9.17) is 22.8 Å². The molecule has 0 radical (unpaired) electrons. The van der Waals surface area contributed by atoms with Gasteiger partial charge in [-0.25, -0.2) is 4.39 Å². The molecule has 0 aliphatic carbocycles. The molecular formula is C16H12ClFN2O2. The third-order valence-electron chi connectivity index (χ3n) is 2.73. The molecule has 2 aromatic rings. The van der Waals surface area contributed by atoms with Gasteiger partial charge in [-0.1, -0.05) is 17.5 Å². The Bertz CT molecular complexity index is 729. The van der Waals surface area contributed by atoms with Gasteiger partial charge in [0.05, 0.1) is 16.3 Å². The van der Waals surface area contributed by atoms with Crippen molar-refractivity contribution in [3.8, 4) is 18.1 Å². The summed E-state index contributed by atoms with van der Waals surface area (Å²) < 4.78 is 19.3. The van der Waals surface area contributed by atoms with Gasteiger partial charge >= 0.3 is 0 Å². The second-order valence-corrected chi connectivity index (χ2v) is 4.79. The maximum Gasteiger partial charge on any atom is 0.257 e. The van der Waals surface area contributed by atoms with Gasteiger partial charge in [-0.05, 0) is 25.1 Å². The lowest BCUT2D eigenvalue weighted by Gasteiger charge is -2.13. The number of hydrogen-bond acceptors (Lipinski definition) is 3. The van der Waals surface area contributed by atoms with Crippen molar-refractivity contribution in [3.05, 3.63) is 53.1 Å². The molecule has 0 saturated heterocycles. The number of nitrogens with zero attached hydrogens (tertiary/aromatic N) is 1. The van der Waals surface area contributed by atoms with Crippen LogP contribution in [-0.2, 0) is 0 Å².